The van der Waals surface area contributed by atoms with Crippen molar-refractivity contribution in [2.45, 2.75) is 39.7 Å². The second kappa shape index (κ2) is 7.58. The van der Waals surface area contributed by atoms with Crippen molar-refractivity contribution >= 4 is 17.8 Å². The van der Waals surface area contributed by atoms with Crippen LogP contribution in [-0.2, 0) is 14.4 Å². The van der Waals surface area contributed by atoms with Crippen molar-refractivity contribution in [3.8, 4) is 0 Å². The summed E-state index contributed by atoms with van der Waals surface area (Å²) in [6.45, 7) is 8.15. The van der Waals surface area contributed by atoms with Gasteiger partial charge in [-0.25, -0.2) is 4.79 Å². The molecule has 1 atom stereocenters. The maximum absolute atomic E-state index is 12.1. The summed E-state index contributed by atoms with van der Waals surface area (Å²) >= 11 is 0. The van der Waals surface area contributed by atoms with Crippen LogP contribution in [0.4, 0.5) is 0 Å². The van der Waals surface area contributed by atoms with Gasteiger partial charge >= 0.3 is 5.97 Å². The van der Waals surface area contributed by atoms with Gasteiger partial charge in [0.05, 0.1) is 0 Å². The predicted octanol–water partition coefficient (Wildman–Crippen LogP) is 0.156. The normalized spacial score (nSPS) is 17.9. The van der Waals surface area contributed by atoms with Crippen LogP contribution in [0.15, 0.2) is 0 Å². The largest absolute Gasteiger partial charge is 0.480 e. The Morgan fingerprint density at radius 2 is 1.68 bits per heavy atom. The Balaban J connectivity index is 2.49. The summed E-state index contributed by atoms with van der Waals surface area (Å²) in [6.07, 6.45) is 0.243. The molecular formula is C15H27N3O4. The highest BCUT2D eigenvalue weighted by Gasteiger charge is 2.28. The van der Waals surface area contributed by atoms with Crippen molar-refractivity contribution in [1.29, 1.82) is 0 Å². The van der Waals surface area contributed by atoms with E-state index in [0.717, 1.165) is 13.1 Å². The van der Waals surface area contributed by atoms with Gasteiger partial charge in [0.1, 0.15) is 6.04 Å². The number of carboxylic acid groups (broad SMARTS) is 1. The molecular weight excluding hydrogens is 286 g/mol. The number of carboxylic acids is 1. The lowest BCUT2D eigenvalue weighted by molar-refractivity contribution is -0.144. The van der Waals surface area contributed by atoms with E-state index >= 15 is 0 Å². The van der Waals surface area contributed by atoms with Crippen LogP contribution in [0.3, 0.4) is 0 Å². The first-order valence-electron chi connectivity index (χ1n) is 7.61. The predicted molar refractivity (Wildman–Crippen MR) is 82.3 cm³/mol. The number of carbonyl (C=O) groups is 3. The molecule has 0 saturated carbocycles. The summed E-state index contributed by atoms with van der Waals surface area (Å²) in [4.78, 5) is 39.2. The molecule has 1 saturated heterocycles. The van der Waals surface area contributed by atoms with Crippen LogP contribution in [0.25, 0.3) is 0 Å². The van der Waals surface area contributed by atoms with E-state index in [-0.39, 0.29) is 24.7 Å². The van der Waals surface area contributed by atoms with Crippen LogP contribution >= 0.6 is 0 Å². The van der Waals surface area contributed by atoms with Crippen molar-refractivity contribution in [3.63, 3.8) is 0 Å². The second-order valence-electron chi connectivity index (χ2n) is 6.84. The zero-order chi connectivity index (χ0) is 16.9. The van der Waals surface area contributed by atoms with Crippen molar-refractivity contribution in [1.82, 2.24) is 15.1 Å². The second-order valence-corrected chi connectivity index (χ2v) is 6.84. The van der Waals surface area contributed by atoms with Gasteiger partial charge in [-0.15, -0.1) is 0 Å². The molecule has 2 N–H and O–H groups in total. The van der Waals surface area contributed by atoms with Gasteiger partial charge in [0.15, 0.2) is 0 Å². The molecule has 22 heavy (non-hydrogen) atoms. The summed E-state index contributed by atoms with van der Waals surface area (Å²) in [7, 11) is 2.00. The molecule has 0 aromatic rings. The molecule has 0 aromatic heterocycles. The number of likely N-dealkylation sites (N-methyl/N-ethyl adjacent to an activating group) is 1. The van der Waals surface area contributed by atoms with Crippen LogP contribution in [0.5, 0.6) is 0 Å². The molecule has 0 spiro atoms. The van der Waals surface area contributed by atoms with Crippen LogP contribution in [-0.4, -0.2) is 72.0 Å². The Morgan fingerprint density at radius 3 is 2.14 bits per heavy atom. The molecule has 0 bridgehead atoms. The smallest absolute Gasteiger partial charge is 0.326 e. The van der Waals surface area contributed by atoms with Gasteiger partial charge in [0, 0.05) is 38.0 Å². The summed E-state index contributed by atoms with van der Waals surface area (Å²) in [5, 5.41) is 11.7. The van der Waals surface area contributed by atoms with E-state index in [0.29, 0.717) is 13.1 Å². The van der Waals surface area contributed by atoms with Crippen LogP contribution in [0.2, 0.25) is 0 Å². The van der Waals surface area contributed by atoms with E-state index in [1.165, 1.54) is 0 Å². The minimum Gasteiger partial charge on any atom is -0.480 e. The van der Waals surface area contributed by atoms with E-state index in [2.05, 4.69) is 10.2 Å². The maximum Gasteiger partial charge on any atom is 0.326 e. The third kappa shape index (κ3) is 5.63. The number of hydrogen-bond donors (Lipinski definition) is 2. The van der Waals surface area contributed by atoms with Gasteiger partial charge in [-0.3, -0.25) is 9.59 Å². The summed E-state index contributed by atoms with van der Waals surface area (Å²) in [6, 6.07) is -1.02. The molecule has 7 nitrogen and oxygen atoms in total. The molecule has 1 fully saturated rings. The van der Waals surface area contributed by atoms with E-state index < -0.39 is 17.4 Å². The number of hydrogen-bond acceptors (Lipinski definition) is 4. The Hall–Kier alpha value is -1.63. The molecule has 2 amide bonds. The number of nitrogens with zero attached hydrogens (tertiary/aromatic N) is 2. The van der Waals surface area contributed by atoms with Gasteiger partial charge in [-0.1, -0.05) is 20.8 Å². The SMILES string of the molecule is CN1CCN(C(=O)CC[C@H](NC(=O)C(C)(C)C)C(=O)O)CC1. The lowest BCUT2D eigenvalue weighted by atomic mass is 9.95. The van der Waals surface area contributed by atoms with Gasteiger partial charge in [-0.2, -0.15) is 0 Å². The standard InChI is InChI=1S/C15H27N3O4/c1-15(2,3)14(22)16-11(13(20)21)5-6-12(19)18-9-7-17(4)8-10-18/h11H,5-10H2,1-4H3,(H,16,22)(H,20,21)/t11-/m0/s1. The zero-order valence-corrected chi connectivity index (χ0v) is 13.9. The highest BCUT2D eigenvalue weighted by molar-refractivity contribution is 5.87. The van der Waals surface area contributed by atoms with E-state index in [9.17, 15) is 19.5 Å². The highest BCUT2D eigenvalue weighted by atomic mass is 16.4. The first-order valence-corrected chi connectivity index (χ1v) is 7.61. The minimum absolute atomic E-state index is 0.0515. The molecule has 7 heteroatoms. The van der Waals surface area contributed by atoms with Crippen molar-refractivity contribution in [3.05, 3.63) is 0 Å². The molecule has 126 valence electrons. The monoisotopic (exact) mass is 313 g/mol. The molecule has 0 radical (unpaired) electrons. The molecule has 0 aliphatic carbocycles. The number of carbonyl (C=O) groups excluding carboxylic acids is 2. The quantitative estimate of drug-likeness (QED) is 0.754. The maximum atomic E-state index is 12.1. The van der Waals surface area contributed by atoms with Crippen molar-refractivity contribution in [2.24, 2.45) is 5.41 Å². The summed E-state index contributed by atoms with van der Waals surface area (Å²) < 4.78 is 0. The third-order valence-electron chi connectivity index (χ3n) is 3.79. The van der Waals surface area contributed by atoms with Crippen molar-refractivity contribution < 1.29 is 19.5 Å². The first-order chi connectivity index (χ1) is 10.1. The fraction of sp³-hybridized carbons (Fsp3) is 0.800. The van der Waals surface area contributed by atoms with E-state index in [1.807, 2.05) is 7.05 Å². The fourth-order valence-electron chi connectivity index (χ4n) is 2.11. The average molecular weight is 313 g/mol. The Kier molecular flexibility index (Phi) is 6.34. The Bertz CT molecular complexity index is 423. The van der Waals surface area contributed by atoms with Crippen molar-refractivity contribution in [2.75, 3.05) is 33.2 Å². The van der Waals surface area contributed by atoms with Crippen LogP contribution < -0.4 is 5.32 Å². The molecule has 1 aliphatic rings. The number of rotatable bonds is 5. The Labute approximate surface area is 131 Å². The third-order valence-corrected chi connectivity index (χ3v) is 3.79. The number of nitrogens with one attached hydrogen (secondary N) is 1. The van der Waals surface area contributed by atoms with E-state index in [4.69, 9.17) is 0 Å². The molecule has 0 unspecified atom stereocenters. The van der Waals surface area contributed by atoms with Crippen LogP contribution in [0.1, 0.15) is 33.6 Å². The van der Waals surface area contributed by atoms with Gasteiger partial charge in [0.2, 0.25) is 11.8 Å². The van der Waals surface area contributed by atoms with Gasteiger partial charge in [0.25, 0.3) is 0 Å². The first kappa shape index (κ1) is 18.4. The highest BCUT2D eigenvalue weighted by Crippen LogP contribution is 2.14. The van der Waals surface area contributed by atoms with E-state index in [1.54, 1.807) is 25.7 Å². The number of aliphatic carboxylic acids is 1. The zero-order valence-electron chi connectivity index (χ0n) is 13.9. The molecule has 1 rings (SSSR count). The average Bonchev–Trinajstić information content (AvgIpc) is 2.42. The Morgan fingerprint density at radius 1 is 1.14 bits per heavy atom. The molecule has 1 heterocycles. The fourth-order valence-corrected chi connectivity index (χ4v) is 2.11. The van der Waals surface area contributed by atoms with Gasteiger partial charge < -0.3 is 20.2 Å². The summed E-state index contributed by atoms with van der Waals surface area (Å²) in [5.74, 6) is -1.49. The summed E-state index contributed by atoms with van der Waals surface area (Å²) in [5.41, 5.74) is -0.658. The number of piperazine rings is 1. The molecule has 0 aromatic carbocycles. The number of amides is 2. The lowest BCUT2D eigenvalue weighted by Crippen LogP contribution is -2.48. The van der Waals surface area contributed by atoms with Gasteiger partial charge in [-0.05, 0) is 13.5 Å². The molecule has 1 aliphatic heterocycles. The lowest BCUT2D eigenvalue weighted by Gasteiger charge is -2.32. The van der Waals surface area contributed by atoms with Crippen LogP contribution in [0, 0.1) is 5.41 Å². The minimum atomic E-state index is -1.11. The topological polar surface area (TPSA) is 90.0 Å².